The summed E-state index contributed by atoms with van der Waals surface area (Å²) in [6.07, 6.45) is 0.845. The predicted octanol–water partition coefficient (Wildman–Crippen LogP) is -0.594. The quantitative estimate of drug-likeness (QED) is 0.654. The number of H-pyrrole nitrogens is 1. The Morgan fingerprint density at radius 2 is 2.46 bits per heavy atom. The maximum Gasteiger partial charge on any atom is 0.308 e. The monoisotopic (exact) mass is 184 g/mol. The molecule has 0 aliphatic carbocycles. The van der Waals surface area contributed by atoms with Crippen LogP contribution < -0.4 is 10.3 Å². The van der Waals surface area contributed by atoms with Gasteiger partial charge in [0, 0.05) is 11.8 Å². The number of nitrogens with one attached hydrogen (secondary N) is 1. The first kappa shape index (κ1) is 9.24. The number of rotatable bonds is 3. The standard InChI is InChI=1S/C7H8N2O4/c1-13-7-8-3-4(2-5(10)11)6(12)9-7/h3H,2H2,1H3,(H,10,11)(H,8,9,12). The van der Waals surface area contributed by atoms with Crippen molar-refractivity contribution in [1.29, 1.82) is 0 Å². The lowest BCUT2D eigenvalue weighted by Gasteiger charge is -1.98. The Balaban J connectivity index is 2.99. The SMILES string of the molecule is COc1ncc(CC(=O)O)c(=O)[nH]1. The predicted molar refractivity (Wildman–Crippen MR) is 42.7 cm³/mol. The smallest absolute Gasteiger partial charge is 0.308 e. The summed E-state index contributed by atoms with van der Waals surface area (Å²) in [6, 6.07) is 0.0686. The van der Waals surface area contributed by atoms with Crippen LogP contribution in [0.1, 0.15) is 5.56 Å². The van der Waals surface area contributed by atoms with Crippen LogP contribution in [-0.2, 0) is 11.2 Å². The van der Waals surface area contributed by atoms with Gasteiger partial charge in [0.25, 0.3) is 11.6 Å². The van der Waals surface area contributed by atoms with Gasteiger partial charge in [0.2, 0.25) is 0 Å². The second-order valence-electron chi connectivity index (χ2n) is 2.32. The lowest BCUT2D eigenvalue weighted by atomic mass is 10.2. The summed E-state index contributed by atoms with van der Waals surface area (Å²) < 4.78 is 4.64. The molecule has 1 aromatic rings. The van der Waals surface area contributed by atoms with E-state index in [1.807, 2.05) is 0 Å². The molecule has 0 bridgehead atoms. The minimum atomic E-state index is -1.07. The molecule has 0 spiro atoms. The van der Waals surface area contributed by atoms with Crippen LogP contribution in [0.4, 0.5) is 0 Å². The van der Waals surface area contributed by atoms with Crippen molar-refractivity contribution in [3.8, 4) is 6.01 Å². The number of aliphatic carboxylic acids is 1. The van der Waals surface area contributed by atoms with Crippen LogP contribution in [0.25, 0.3) is 0 Å². The van der Waals surface area contributed by atoms with E-state index in [0.29, 0.717) is 0 Å². The molecular weight excluding hydrogens is 176 g/mol. The highest BCUT2D eigenvalue weighted by atomic mass is 16.5. The van der Waals surface area contributed by atoms with Crippen molar-refractivity contribution in [2.24, 2.45) is 0 Å². The third kappa shape index (κ3) is 2.29. The molecule has 1 aromatic heterocycles. The molecule has 13 heavy (non-hydrogen) atoms. The minimum absolute atomic E-state index is 0.0686. The number of aromatic nitrogens is 2. The third-order valence-electron chi connectivity index (χ3n) is 1.38. The van der Waals surface area contributed by atoms with Crippen molar-refractivity contribution in [1.82, 2.24) is 9.97 Å². The third-order valence-corrected chi connectivity index (χ3v) is 1.38. The fraction of sp³-hybridized carbons (Fsp3) is 0.286. The maximum atomic E-state index is 11.1. The van der Waals surface area contributed by atoms with Gasteiger partial charge < -0.3 is 9.84 Å². The van der Waals surface area contributed by atoms with Crippen LogP contribution in [0.2, 0.25) is 0 Å². The fourth-order valence-electron chi connectivity index (χ4n) is 0.797. The molecule has 0 fully saturated rings. The zero-order valence-electron chi connectivity index (χ0n) is 6.90. The number of ether oxygens (including phenoxy) is 1. The molecule has 2 N–H and O–H groups in total. The highest BCUT2D eigenvalue weighted by Gasteiger charge is 2.06. The van der Waals surface area contributed by atoms with E-state index in [1.165, 1.54) is 13.3 Å². The van der Waals surface area contributed by atoms with E-state index in [2.05, 4.69) is 14.7 Å². The van der Waals surface area contributed by atoms with E-state index in [9.17, 15) is 9.59 Å². The number of hydrogen-bond donors (Lipinski definition) is 2. The summed E-state index contributed by atoms with van der Waals surface area (Å²) in [5.41, 5.74) is -0.387. The molecule has 0 saturated heterocycles. The van der Waals surface area contributed by atoms with Crippen LogP contribution in [0.15, 0.2) is 11.0 Å². The summed E-state index contributed by atoms with van der Waals surface area (Å²) in [6.45, 7) is 0. The first-order valence-electron chi connectivity index (χ1n) is 3.47. The largest absolute Gasteiger partial charge is 0.481 e. The van der Waals surface area contributed by atoms with Gasteiger partial charge in [-0.05, 0) is 0 Å². The van der Waals surface area contributed by atoms with Gasteiger partial charge in [0.15, 0.2) is 0 Å². The topological polar surface area (TPSA) is 92.3 Å². The van der Waals surface area contributed by atoms with E-state index in [0.717, 1.165) is 0 Å². The van der Waals surface area contributed by atoms with Crippen LogP contribution >= 0.6 is 0 Å². The molecule has 6 nitrogen and oxygen atoms in total. The summed E-state index contributed by atoms with van der Waals surface area (Å²) in [5, 5.41) is 8.41. The average molecular weight is 184 g/mol. The van der Waals surface area contributed by atoms with Crippen LogP contribution in [-0.4, -0.2) is 28.2 Å². The van der Waals surface area contributed by atoms with Gasteiger partial charge in [-0.3, -0.25) is 14.6 Å². The van der Waals surface area contributed by atoms with Gasteiger partial charge in [-0.1, -0.05) is 0 Å². The Bertz CT molecular complexity index is 371. The zero-order valence-corrected chi connectivity index (χ0v) is 6.90. The number of carbonyl (C=O) groups is 1. The average Bonchev–Trinajstić information content (AvgIpc) is 2.08. The Morgan fingerprint density at radius 3 is 2.92 bits per heavy atom. The number of hydrogen-bond acceptors (Lipinski definition) is 4. The second-order valence-corrected chi connectivity index (χ2v) is 2.32. The van der Waals surface area contributed by atoms with E-state index < -0.39 is 11.5 Å². The van der Waals surface area contributed by atoms with Crippen LogP contribution in [0.5, 0.6) is 6.01 Å². The number of carboxylic acid groups (broad SMARTS) is 1. The summed E-state index contributed by atoms with van der Waals surface area (Å²) in [4.78, 5) is 27.3. The molecular formula is C7H8N2O4. The Morgan fingerprint density at radius 1 is 1.77 bits per heavy atom. The molecule has 0 radical (unpaired) electrons. The van der Waals surface area contributed by atoms with Crippen LogP contribution in [0.3, 0.4) is 0 Å². The van der Waals surface area contributed by atoms with Gasteiger partial charge in [0.1, 0.15) is 0 Å². The Kier molecular flexibility index (Phi) is 2.63. The normalized spacial score (nSPS) is 9.62. The van der Waals surface area contributed by atoms with Crippen molar-refractivity contribution in [2.75, 3.05) is 7.11 Å². The van der Waals surface area contributed by atoms with Crippen molar-refractivity contribution >= 4 is 5.97 Å². The molecule has 0 saturated carbocycles. The molecule has 0 amide bonds. The molecule has 0 aliphatic heterocycles. The first-order chi connectivity index (χ1) is 6.13. The molecule has 0 unspecified atom stereocenters. The Hall–Kier alpha value is -1.85. The molecule has 70 valence electrons. The molecule has 0 atom stereocenters. The van der Waals surface area contributed by atoms with E-state index >= 15 is 0 Å². The fourth-order valence-corrected chi connectivity index (χ4v) is 0.797. The number of carboxylic acids is 1. The number of nitrogens with zero attached hydrogens (tertiary/aromatic N) is 1. The van der Waals surface area contributed by atoms with E-state index in [-0.39, 0.29) is 18.0 Å². The van der Waals surface area contributed by atoms with E-state index in [1.54, 1.807) is 0 Å². The molecule has 0 aliphatic rings. The van der Waals surface area contributed by atoms with Crippen molar-refractivity contribution in [3.05, 3.63) is 22.1 Å². The summed E-state index contributed by atoms with van der Waals surface area (Å²) >= 11 is 0. The van der Waals surface area contributed by atoms with Crippen molar-refractivity contribution in [3.63, 3.8) is 0 Å². The highest BCUT2D eigenvalue weighted by Crippen LogP contribution is 1.96. The van der Waals surface area contributed by atoms with Crippen molar-refractivity contribution < 1.29 is 14.6 Å². The lowest BCUT2D eigenvalue weighted by molar-refractivity contribution is -0.136. The van der Waals surface area contributed by atoms with Crippen LogP contribution in [0, 0.1) is 0 Å². The maximum absolute atomic E-state index is 11.1. The number of methoxy groups -OCH3 is 1. The number of aromatic amines is 1. The lowest BCUT2D eigenvalue weighted by Crippen LogP contribution is -2.17. The molecule has 6 heteroatoms. The van der Waals surface area contributed by atoms with Gasteiger partial charge in [-0.25, -0.2) is 4.98 Å². The molecule has 1 rings (SSSR count). The Labute approximate surface area is 73.2 Å². The van der Waals surface area contributed by atoms with Gasteiger partial charge in [-0.15, -0.1) is 0 Å². The van der Waals surface area contributed by atoms with E-state index in [4.69, 9.17) is 5.11 Å². The second kappa shape index (κ2) is 3.70. The zero-order chi connectivity index (χ0) is 9.84. The first-order valence-corrected chi connectivity index (χ1v) is 3.47. The molecule has 1 heterocycles. The van der Waals surface area contributed by atoms with Crippen molar-refractivity contribution in [2.45, 2.75) is 6.42 Å². The van der Waals surface area contributed by atoms with Gasteiger partial charge in [-0.2, -0.15) is 0 Å². The van der Waals surface area contributed by atoms with Gasteiger partial charge >= 0.3 is 5.97 Å². The minimum Gasteiger partial charge on any atom is -0.481 e. The highest BCUT2D eigenvalue weighted by molar-refractivity contribution is 5.69. The van der Waals surface area contributed by atoms with Gasteiger partial charge in [0.05, 0.1) is 13.5 Å². The summed E-state index contributed by atoms with van der Waals surface area (Å²) in [7, 11) is 1.36. The molecule has 0 aromatic carbocycles. The summed E-state index contributed by atoms with van der Waals surface area (Å²) in [5.74, 6) is -1.07.